The van der Waals surface area contributed by atoms with Gasteiger partial charge in [-0.2, -0.15) is 0 Å². The van der Waals surface area contributed by atoms with Crippen molar-refractivity contribution in [1.82, 2.24) is 4.98 Å². The molecule has 2 nitrogen and oxygen atoms in total. The van der Waals surface area contributed by atoms with Crippen molar-refractivity contribution in [3.63, 3.8) is 0 Å². The maximum absolute atomic E-state index is 4.82. The fourth-order valence-electron chi connectivity index (χ4n) is 3.45. The van der Waals surface area contributed by atoms with Gasteiger partial charge in [-0.15, -0.1) is 0 Å². The van der Waals surface area contributed by atoms with Crippen LogP contribution in [0.5, 0.6) is 0 Å². The van der Waals surface area contributed by atoms with Crippen LogP contribution in [0.2, 0.25) is 0 Å². The minimum atomic E-state index is 0.466. The highest BCUT2D eigenvalue weighted by Gasteiger charge is 2.13. The van der Waals surface area contributed by atoms with Gasteiger partial charge in [0.15, 0.2) is 0 Å². The van der Waals surface area contributed by atoms with Crippen molar-refractivity contribution in [3.05, 3.63) is 89.2 Å². The Morgan fingerprint density at radius 2 is 1.39 bits per heavy atom. The lowest BCUT2D eigenvalue weighted by molar-refractivity contribution is 0.837. The lowest BCUT2D eigenvalue weighted by Gasteiger charge is -2.21. The number of aromatic nitrogens is 1. The molecule has 0 amide bonds. The van der Waals surface area contributed by atoms with E-state index in [2.05, 4.69) is 94.5 Å². The first kappa shape index (κ1) is 19.9. The number of anilines is 1. The normalized spacial score (nSPS) is 11.9. The molecule has 3 aromatic rings. The van der Waals surface area contributed by atoms with Gasteiger partial charge in [-0.05, 0) is 48.1 Å². The van der Waals surface area contributed by atoms with E-state index in [0.29, 0.717) is 11.8 Å². The Morgan fingerprint density at radius 3 is 2.00 bits per heavy atom. The van der Waals surface area contributed by atoms with Crippen LogP contribution in [0.1, 0.15) is 63.3 Å². The van der Waals surface area contributed by atoms with Crippen LogP contribution < -0.4 is 5.32 Å². The van der Waals surface area contributed by atoms with E-state index >= 15 is 0 Å². The molecule has 0 aliphatic heterocycles. The van der Waals surface area contributed by atoms with Crippen LogP contribution in [0.15, 0.2) is 72.4 Å². The standard InChI is InChI=1S/C26H30N2/c1-18(2)23-14-10-15-24(19(3)4)26(23)27-20(5)17-22-13-9-16-25(28-22)21-11-7-6-8-12-21/h6-19,27H,1-5H3/b20-17+. The Morgan fingerprint density at radius 1 is 0.786 bits per heavy atom. The number of pyridine rings is 1. The summed E-state index contributed by atoms with van der Waals surface area (Å²) >= 11 is 0. The second-order valence-corrected chi connectivity index (χ2v) is 7.89. The first-order valence-electron chi connectivity index (χ1n) is 10.1. The molecule has 1 aromatic heterocycles. The van der Waals surface area contributed by atoms with Gasteiger partial charge in [0.25, 0.3) is 0 Å². The highest BCUT2D eigenvalue weighted by molar-refractivity contribution is 5.67. The Hall–Kier alpha value is -2.87. The lowest BCUT2D eigenvalue weighted by Crippen LogP contribution is -2.06. The lowest BCUT2D eigenvalue weighted by atomic mass is 9.92. The summed E-state index contributed by atoms with van der Waals surface area (Å²) in [4.78, 5) is 4.82. The molecule has 1 N–H and O–H groups in total. The van der Waals surface area contributed by atoms with E-state index in [-0.39, 0.29) is 0 Å². The first-order chi connectivity index (χ1) is 13.5. The number of allylic oxidation sites excluding steroid dienone is 1. The van der Waals surface area contributed by atoms with E-state index in [0.717, 1.165) is 22.6 Å². The summed E-state index contributed by atoms with van der Waals surface area (Å²) < 4.78 is 0. The number of benzene rings is 2. The summed E-state index contributed by atoms with van der Waals surface area (Å²) in [5, 5.41) is 3.67. The largest absolute Gasteiger partial charge is 0.359 e. The number of para-hydroxylation sites is 1. The van der Waals surface area contributed by atoms with Gasteiger partial charge in [-0.25, -0.2) is 4.98 Å². The Labute approximate surface area is 169 Å². The zero-order chi connectivity index (χ0) is 20.1. The fraction of sp³-hybridized carbons (Fsp3) is 0.269. The summed E-state index contributed by atoms with van der Waals surface area (Å²) in [6.45, 7) is 11.1. The third-order valence-corrected chi connectivity index (χ3v) is 4.90. The van der Waals surface area contributed by atoms with E-state index in [1.807, 2.05) is 18.2 Å². The zero-order valence-electron chi connectivity index (χ0n) is 17.5. The van der Waals surface area contributed by atoms with Gasteiger partial charge in [0, 0.05) is 16.9 Å². The molecule has 0 saturated heterocycles. The third-order valence-electron chi connectivity index (χ3n) is 4.90. The molecule has 0 fully saturated rings. The van der Waals surface area contributed by atoms with Crippen LogP contribution in [0.4, 0.5) is 5.69 Å². The molecule has 0 bridgehead atoms. The Bertz CT molecular complexity index is 927. The molecule has 144 valence electrons. The number of nitrogens with one attached hydrogen (secondary N) is 1. The molecule has 2 heteroatoms. The predicted molar refractivity (Wildman–Crippen MR) is 122 cm³/mol. The van der Waals surface area contributed by atoms with Gasteiger partial charge in [0.1, 0.15) is 0 Å². The highest BCUT2D eigenvalue weighted by Crippen LogP contribution is 2.33. The molecule has 0 spiro atoms. The molecule has 0 saturated carbocycles. The average molecular weight is 371 g/mol. The van der Waals surface area contributed by atoms with Crippen molar-refractivity contribution in [2.45, 2.75) is 46.5 Å². The smallest absolute Gasteiger partial charge is 0.0709 e. The van der Waals surface area contributed by atoms with Gasteiger partial charge in [-0.3, -0.25) is 0 Å². The maximum atomic E-state index is 4.82. The Kier molecular flexibility index (Phi) is 6.30. The summed E-state index contributed by atoms with van der Waals surface area (Å²) in [6.07, 6.45) is 2.12. The van der Waals surface area contributed by atoms with Crippen molar-refractivity contribution in [2.24, 2.45) is 0 Å². The minimum absolute atomic E-state index is 0.466. The maximum Gasteiger partial charge on any atom is 0.0709 e. The van der Waals surface area contributed by atoms with Gasteiger partial charge in [0.05, 0.1) is 11.4 Å². The molecule has 0 aliphatic carbocycles. The molecule has 1 heterocycles. The topological polar surface area (TPSA) is 24.9 Å². The van der Waals surface area contributed by atoms with E-state index in [9.17, 15) is 0 Å². The second kappa shape index (κ2) is 8.88. The average Bonchev–Trinajstić information content (AvgIpc) is 2.68. The summed E-state index contributed by atoms with van der Waals surface area (Å²) in [5.41, 5.74) is 8.12. The van der Waals surface area contributed by atoms with Crippen LogP contribution >= 0.6 is 0 Å². The van der Waals surface area contributed by atoms with Crippen LogP contribution in [0.3, 0.4) is 0 Å². The van der Waals surface area contributed by atoms with Crippen molar-refractivity contribution < 1.29 is 0 Å². The van der Waals surface area contributed by atoms with E-state index in [1.165, 1.54) is 16.8 Å². The molecule has 0 aliphatic rings. The van der Waals surface area contributed by atoms with Gasteiger partial charge >= 0.3 is 0 Å². The van der Waals surface area contributed by atoms with Gasteiger partial charge in [0.2, 0.25) is 0 Å². The van der Waals surface area contributed by atoms with Crippen molar-refractivity contribution in [1.29, 1.82) is 0 Å². The second-order valence-electron chi connectivity index (χ2n) is 7.89. The van der Waals surface area contributed by atoms with Crippen LogP contribution in [0.25, 0.3) is 17.3 Å². The Balaban J connectivity index is 1.92. The summed E-state index contributed by atoms with van der Waals surface area (Å²) in [6, 6.07) is 23.1. The van der Waals surface area contributed by atoms with Crippen molar-refractivity contribution in [3.8, 4) is 11.3 Å². The number of nitrogens with zero attached hydrogens (tertiary/aromatic N) is 1. The molecule has 3 rings (SSSR count). The predicted octanol–water partition coefficient (Wildman–Crippen LogP) is 7.47. The number of hydrogen-bond acceptors (Lipinski definition) is 2. The summed E-state index contributed by atoms with van der Waals surface area (Å²) in [7, 11) is 0. The van der Waals surface area contributed by atoms with Crippen molar-refractivity contribution in [2.75, 3.05) is 5.32 Å². The van der Waals surface area contributed by atoms with Crippen LogP contribution in [-0.2, 0) is 0 Å². The summed E-state index contributed by atoms with van der Waals surface area (Å²) in [5.74, 6) is 0.932. The molecule has 0 unspecified atom stereocenters. The quantitative estimate of drug-likeness (QED) is 0.487. The monoisotopic (exact) mass is 370 g/mol. The fourth-order valence-corrected chi connectivity index (χ4v) is 3.45. The molecular formula is C26H30N2. The molecular weight excluding hydrogens is 340 g/mol. The van der Waals surface area contributed by atoms with E-state index in [4.69, 9.17) is 4.98 Å². The minimum Gasteiger partial charge on any atom is -0.359 e. The van der Waals surface area contributed by atoms with E-state index < -0.39 is 0 Å². The number of hydrogen-bond donors (Lipinski definition) is 1. The molecule has 2 aromatic carbocycles. The molecule has 0 atom stereocenters. The van der Waals surface area contributed by atoms with Crippen LogP contribution in [-0.4, -0.2) is 4.98 Å². The van der Waals surface area contributed by atoms with Gasteiger partial charge < -0.3 is 5.32 Å². The highest BCUT2D eigenvalue weighted by atomic mass is 14.9. The zero-order valence-corrected chi connectivity index (χ0v) is 17.5. The number of rotatable bonds is 6. The molecule has 28 heavy (non-hydrogen) atoms. The van der Waals surface area contributed by atoms with Crippen LogP contribution in [0, 0.1) is 0 Å². The molecule has 0 radical (unpaired) electrons. The third kappa shape index (κ3) is 4.69. The first-order valence-corrected chi connectivity index (χ1v) is 10.1. The van der Waals surface area contributed by atoms with Gasteiger partial charge in [-0.1, -0.05) is 82.3 Å². The SMILES string of the molecule is C/C(=C\c1cccc(-c2ccccc2)n1)Nc1c(C(C)C)cccc1C(C)C. The van der Waals surface area contributed by atoms with Crippen molar-refractivity contribution >= 4 is 11.8 Å². The van der Waals surface area contributed by atoms with E-state index in [1.54, 1.807) is 0 Å².